The molecule has 0 fully saturated rings. The van der Waals surface area contributed by atoms with Crippen LogP contribution in [0.2, 0.25) is 0 Å². The molecule has 0 aromatic carbocycles. The molecule has 0 bridgehead atoms. The van der Waals surface area contributed by atoms with Crippen molar-refractivity contribution in [3.05, 3.63) is 0 Å². The minimum Gasteiger partial charge on any atom is -0.361 e. The fourth-order valence-electron chi connectivity index (χ4n) is 0.268. The maximum atomic E-state index is 8.55. The highest BCUT2D eigenvalue weighted by Crippen LogP contribution is 2.54. The van der Waals surface area contributed by atoms with Gasteiger partial charge in [0.25, 0.3) is 0 Å². The molecule has 0 radical (unpaired) electrons. The minimum atomic E-state index is -2.20. The van der Waals surface area contributed by atoms with Crippen LogP contribution < -0.4 is 0 Å². The molecule has 0 saturated carbocycles. The summed E-state index contributed by atoms with van der Waals surface area (Å²) in [4.78, 5) is 0. The molecule has 70 valence electrons. The van der Waals surface area contributed by atoms with E-state index in [-0.39, 0.29) is 25.4 Å². The average Bonchev–Trinajstić information content (AvgIpc) is 2.13. The number of halogens is 1. The third kappa shape index (κ3) is 4.90. The smallest absolute Gasteiger partial charge is 0.161 e. The van der Waals surface area contributed by atoms with Crippen molar-refractivity contribution in [3.63, 3.8) is 0 Å². The van der Waals surface area contributed by atoms with Gasteiger partial charge in [0, 0.05) is 6.38 Å². The van der Waals surface area contributed by atoms with Gasteiger partial charge in [-0.25, -0.2) is 0 Å². The van der Waals surface area contributed by atoms with Gasteiger partial charge >= 0.3 is 0 Å². The molecule has 0 aliphatic carbocycles. The predicted octanol–water partition coefficient (Wildman–Crippen LogP) is -0.342. The fraction of sp³-hybridized carbons (Fsp3) is 1.00. The van der Waals surface area contributed by atoms with Crippen LogP contribution in [0.1, 0.15) is 0 Å². The second kappa shape index (κ2) is 8.65. The summed E-state index contributed by atoms with van der Waals surface area (Å²) in [6.07, 6.45) is 0.292. The molecule has 4 N–H and O–H groups in total. The zero-order chi connectivity index (χ0) is 9.33. The van der Waals surface area contributed by atoms with E-state index in [4.69, 9.17) is 20.4 Å². The molecule has 0 aromatic rings. The molecule has 4 nitrogen and oxygen atoms in total. The van der Waals surface area contributed by atoms with E-state index < -0.39 is 7.26 Å². The first-order valence-electron chi connectivity index (χ1n) is 2.91. The summed E-state index contributed by atoms with van der Waals surface area (Å²) in [6.45, 7) is 0. The molecule has 0 spiro atoms. The number of hydrogen-bond acceptors (Lipinski definition) is 4. The van der Waals surface area contributed by atoms with Gasteiger partial charge in [-0.05, 0) is 0 Å². The van der Waals surface area contributed by atoms with Crippen LogP contribution in [0.25, 0.3) is 0 Å². The van der Waals surface area contributed by atoms with Gasteiger partial charge in [0.15, 0.2) is 25.4 Å². The molecule has 0 atom stereocenters. The van der Waals surface area contributed by atoms with Crippen molar-refractivity contribution in [3.8, 4) is 0 Å². The van der Waals surface area contributed by atoms with Crippen molar-refractivity contribution in [1.29, 1.82) is 0 Å². The Bertz CT molecular complexity index is 61.4. The van der Waals surface area contributed by atoms with E-state index in [0.29, 0.717) is 0 Å². The summed E-state index contributed by atoms with van der Waals surface area (Å²) in [5, 5.41) is 34.2. The largest absolute Gasteiger partial charge is 0.361 e. The lowest BCUT2D eigenvalue weighted by Gasteiger charge is -2.15. The van der Waals surface area contributed by atoms with Gasteiger partial charge in [0.2, 0.25) is 0 Å². The van der Waals surface area contributed by atoms with Gasteiger partial charge in [-0.15, -0.1) is 11.6 Å². The average molecular weight is 206 g/mol. The Hall–Kier alpha value is 0.560. The van der Waals surface area contributed by atoms with Crippen LogP contribution in [0.4, 0.5) is 0 Å². The van der Waals surface area contributed by atoms with Crippen molar-refractivity contribution < 1.29 is 20.4 Å². The lowest BCUT2D eigenvalue weighted by atomic mass is 11.6. The van der Waals surface area contributed by atoms with Crippen molar-refractivity contribution >= 4 is 18.9 Å². The Balaban J connectivity index is 0. The second-order valence-corrected chi connectivity index (χ2v) is 5.72. The minimum absolute atomic E-state index is 0.295. The molecule has 11 heavy (non-hydrogen) atoms. The van der Waals surface area contributed by atoms with Crippen LogP contribution >= 0.6 is 18.9 Å². The summed E-state index contributed by atoms with van der Waals surface area (Å²) in [6, 6.07) is 0. The van der Waals surface area contributed by atoms with Gasteiger partial charge in [0.1, 0.15) is 7.26 Å². The zero-order valence-corrected chi connectivity index (χ0v) is 8.09. The molecular formula is C5H15ClO4P+. The molecule has 0 unspecified atom stereocenters. The number of alkyl halides is 1. The van der Waals surface area contributed by atoms with E-state index in [9.17, 15) is 0 Å². The molecule has 0 saturated heterocycles. The van der Waals surface area contributed by atoms with Crippen LogP contribution in [0.15, 0.2) is 0 Å². The number of rotatable bonds is 4. The molecule has 0 aliphatic rings. The normalized spacial score (nSPS) is 10.4. The highest BCUT2D eigenvalue weighted by molar-refractivity contribution is 7.75. The number of hydrogen-bond donors (Lipinski definition) is 4. The predicted molar refractivity (Wildman–Crippen MR) is 47.0 cm³/mol. The van der Waals surface area contributed by atoms with Crippen LogP contribution in [-0.2, 0) is 0 Å². The molecule has 0 amide bonds. The Morgan fingerprint density at radius 3 is 1.00 bits per heavy atom. The Morgan fingerprint density at radius 1 is 0.818 bits per heavy atom. The monoisotopic (exact) mass is 205 g/mol. The third-order valence-electron chi connectivity index (χ3n) is 1.20. The maximum Gasteiger partial charge on any atom is 0.161 e. The lowest BCUT2D eigenvalue weighted by molar-refractivity contribution is 0.288. The van der Waals surface area contributed by atoms with Crippen LogP contribution in [0.3, 0.4) is 0 Å². The summed E-state index contributed by atoms with van der Waals surface area (Å²) in [5.41, 5.74) is 0. The quantitative estimate of drug-likeness (QED) is 0.374. The van der Waals surface area contributed by atoms with E-state index in [1.165, 1.54) is 6.38 Å². The number of aliphatic hydroxyl groups excluding tert-OH is 4. The van der Waals surface area contributed by atoms with Crippen molar-refractivity contribution in [1.82, 2.24) is 0 Å². The van der Waals surface area contributed by atoms with Gasteiger partial charge in [-0.1, -0.05) is 0 Å². The van der Waals surface area contributed by atoms with Gasteiger partial charge in [0.05, 0.1) is 0 Å². The third-order valence-corrected chi connectivity index (χ3v) is 3.60. The van der Waals surface area contributed by atoms with Crippen LogP contribution in [0, 0.1) is 0 Å². The van der Waals surface area contributed by atoms with E-state index in [2.05, 4.69) is 11.6 Å². The molecule has 0 rings (SSSR count). The maximum absolute atomic E-state index is 8.55. The van der Waals surface area contributed by atoms with E-state index >= 15 is 0 Å². The second-order valence-electron chi connectivity index (χ2n) is 1.91. The number of aliphatic hydroxyl groups is 4. The SMILES string of the molecule is CCl.OC[P+](CO)(CO)CO. The first kappa shape index (κ1) is 14.1. The molecule has 0 aliphatic heterocycles. The zero-order valence-electron chi connectivity index (χ0n) is 6.44. The summed E-state index contributed by atoms with van der Waals surface area (Å²) < 4.78 is 0. The first-order valence-corrected chi connectivity index (χ1v) is 6.19. The van der Waals surface area contributed by atoms with Crippen LogP contribution in [0.5, 0.6) is 0 Å². The Labute approximate surface area is 71.8 Å². The van der Waals surface area contributed by atoms with Crippen molar-refractivity contribution in [2.45, 2.75) is 0 Å². The summed E-state index contributed by atoms with van der Waals surface area (Å²) in [7, 11) is -2.20. The standard InChI is InChI=1S/C4H12O4P.CH3Cl/c5-1-9(2-6,3-7)4-8;1-2/h5-8H,1-4H2;1H3/q+1;. The highest BCUT2D eigenvalue weighted by Gasteiger charge is 2.34. The fourth-order valence-corrected chi connectivity index (χ4v) is 0.805. The van der Waals surface area contributed by atoms with E-state index in [1.807, 2.05) is 0 Å². The molecule has 6 heteroatoms. The Kier molecular flexibility index (Phi) is 11.1. The van der Waals surface area contributed by atoms with Crippen LogP contribution in [-0.4, -0.2) is 52.2 Å². The summed E-state index contributed by atoms with van der Waals surface area (Å²) in [5.74, 6) is 0. The highest BCUT2D eigenvalue weighted by atomic mass is 35.5. The van der Waals surface area contributed by atoms with E-state index in [1.54, 1.807) is 0 Å². The van der Waals surface area contributed by atoms with Gasteiger partial charge in [-0.3, -0.25) is 0 Å². The molecule has 0 aromatic heterocycles. The van der Waals surface area contributed by atoms with E-state index in [0.717, 1.165) is 0 Å². The lowest BCUT2D eigenvalue weighted by Crippen LogP contribution is -2.10. The molecule has 0 heterocycles. The topological polar surface area (TPSA) is 80.9 Å². The van der Waals surface area contributed by atoms with Gasteiger partial charge < -0.3 is 20.4 Å². The Morgan fingerprint density at radius 2 is 1.00 bits per heavy atom. The molecular weight excluding hydrogens is 190 g/mol. The van der Waals surface area contributed by atoms with Crippen molar-refractivity contribution in [2.75, 3.05) is 31.8 Å². The van der Waals surface area contributed by atoms with Gasteiger partial charge in [-0.2, -0.15) is 0 Å². The summed E-state index contributed by atoms with van der Waals surface area (Å²) >= 11 is 4.64. The first-order chi connectivity index (χ1) is 5.24. The van der Waals surface area contributed by atoms with Crippen molar-refractivity contribution in [2.24, 2.45) is 0 Å².